The van der Waals surface area contributed by atoms with E-state index in [4.69, 9.17) is 9.47 Å². The molecule has 9 nitrogen and oxygen atoms in total. The van der Waals surface area contributed by atoms with Crippen molar-refractivity contribution in [3.05, 3.63) is 16.4 Å². The van der Waals surface area contributed by atoms with Crippen LogP contribution in [0.2, 0.25) is 0 Å². The zero-order chi connectivity index (χ0) is 15.4. The first-order valence-electron chi connectivity index (χ1n) is 6.56. The molecular formula is C12H16N4O5. The fourth-order valence-electron chi connectivity index (χ4n) is 2.38. The Morgan fingerprint density at radius 1 is 1.57 bits per heavy atom. The van der Waals surface area contributed by atoms with Crippen LogP contribution in [0, 0.1) is 10.1 Å². The summed E-state index contributed by atoms with van der Waals surface area (Å²) in [5.41, 5.74) is -0.337. The van der Waals surface area contributed by atoms with E-state index in [1.54, 1.807) is 11.8 Å². The summed E-state index contributed by atoms with van der Waals surface area (Å²) in [5.74, 6) is -0.441. The molecule has 2 heterocycles. The smallest absolute Gasteiger partial charge is 0.372 e. The van der Waals surface area contributed by atoms with Gasteiger partial charge in [0.1, 0.15) is 12.4 Å². The molecular weight excluding hydrogens is 280 g/mol. The van der Waals surface area contributed by atoms with E-state index < -0.39 is 16.9 Å². The number of rotatable bonds is 5. The topological polar surface area (TPSA) is 108 Å². The largest absolute Gasteiger partial charge is 0.476 e. The van der Waals surface area contributed by atoms with Gasteiger partial charge in [-0.25, -0.2) is 9.78 Å². The van der Waals surface area contributed by atoms with E-state index in [0.717, 1.165) is 6.42 Å². The number of carbonyl (C=O) groups is 1. The average molecular weight is 296 g/mol. The Kier molecular flexibility index (Phi) is 4.51. The van der Waals surface area contributed by atoms with Crippen LogP contribution >= 0.6 is 0 Å². The van der Waals surface area contributed by atoms with Crippen LogP contribution in [-0.4, -0.2) is 47.2 Å². The van der Waals surface area contributed by atoms with Crippen LogP contribution in [0.25, 0.3) is 0 Å². The van der Waals surface area contributed by atoms with Crippen LogP contribution in [0.1, 0.15) is 19.8 Å². The number of esters is 1. The molecule has 1 saturated heterocycles. The molecule has 1 fully saturated rings. The number of hydrogen-bond donors (Lipinski definition) is 0. The van der Waals surface area contributed by atoms with Gasteiger partial charge >= 0.3 is 11.7 Å². The Hall–Kier alpha value is -2.45. The molecule has 0 aliphatic carbocycles. The quantitative estimate of drug-likeness (QED) is 0.448. The maximum absolute atomic E-state index is 12.0. The normalized spacial score (nSPS) is 17.6. The third-order valence-electron chi connectivity index (χ3n) is 3.23. The van der Waals surface area contributed by atoms with Crippen molar-refractivity contribution in [2.24, 2.45) is 0 Å². The second-order valence-corrected chi connectivity index (χ2v) is 4.42. The zero-order valence-electron chi connectivity index (χ0n) is 11.8. The summed E-state index contributed by atoms with van der Waals surface area (Å²) in [6.45, 7) is 2.47. The molecule has 0 N–H and O–H groups in total. The highest BCUT2D eigenvalue weighted by atomic mass is 16.6. The minimum Gasteiger partial charge on any atom is -0.476 e. The molecule has 1 atom stereocenters. The SMILES string of the molecule is CCOC(=O)C1CCCN1c1ncnc(OC)c1[N+](=O)[O-]. The number of ether oxygens (including phenoxy) is 2. The first kappa shape index (κ1) is 14.9. The minimum atomic E-state index is -0.602. The molecule has 1 aromatic heterocycles. The third kappa shape index (κ3) is 2.86. The summed E-state index contributed by atoms with van der Waals surface area (Å²) >= 11 is 0. The van der Waals surface area contributed by atoms with Crippen molar-refractivity contribution in [3.8, 4) is 5.88 Å². The summed E-state index contributed by atoms with van der Waals surface area (Å²) < 4.78 is 9.92. The van der Waals surface area contributed by atoms with E-state index in [-0.39, 0.29) is 24.0 Å². The minimum absolute atomic E-state index is 0.0856. The first-order valence-corrected chi connectivity index (χ1v) is 6.56. The van der Waals surface area contributed by atoms with Crippen molar-refractivity contribution in [2.45, 2.75) is 25.8 Å². The fourth-order valence-corrected chi connectivity index (χ4v) is 2.38. The van der Waals surface area contributed by atoms with Gasteiger partial charge in [-0.1, -0.05) is 0 Å². The van der Waals surface area contributed by atoms with Gasteiger partial charge in [0.15, 0.2) is 0 Å². The Labute approximate surface area is 121 Å². The molecule has 0 aromatic carbocycles. The van der Waals surface area contributed by atoms with Crippen molar-refractivity contribution in [1.29, 1.82) is 0 Å². The molecule has 0 saturated carbocycles. The van der Waals surface area contributed by atoms with Crippen LogP contribution in [0.4, 0.5) is 11.5 Å². The number of hydrogen-bond acceptors (Lipinski definition) is 8. The maximum Gasteiger partial charge on any atom is 0.372 e. The fraction of sp³-hybridized carbons (Fsp3) is 0.583. The predicted octanol–water partition coefficient (Wildman–Crippen LogP) is 0.925. The summed E-state index contributed by atoms with van der Waals surface area (Å²) in [6, 6.07) is -0.566. The summed E-state index contributed by atoms with van der Waals surface area (Å²) in [5, 5.41) is 11.3. The van der Waals surface area contributed by atoms with Gasteiger partial charge in [-0.3, -0.25) is 10.1 Å². The van der Waals surface area contributed by atoms with E-state index in [9.17, 15) is 14.9 Å². The monoisotopic (exact) mass is 296 g/mol. The first-order chi connectivity index (χ1) is 10.1. The summed E-state index contributed by atoms with van der Waals surface area (Å²) in [6.07, 6.45) is 2.48. The molecule has 1 unspecified atom stereocenters. The van der Waals surface area contributed by atoms with Gasteiger partial charge in [0.2, 0.25) is 5.82 Å². The van der Waals surface area contributed by atoms with Crippen LogP contribution in [-0.2, 0) is 9.53 Å². The third-order valence-corrected chi connectivity index (χ3v) is 3.23. The molecule has 0 radical (unpaired) electrons. The molecule has 0 amide bonds. The molecule has 1 aliphatic rings. The molecule has 1 aromatic rings. The van der Waals surface area contributed by atoms with Crippen LogP contribution < -0.4 is 9.64 Å². The van der Waals surface area contributed by atoms with Crippen molar-refractivity contribution in [2.75, 3.05) is 25.2 Å². The highest BCUT2D eigenvalue weighted by Crippen LogP contribution is 2.36. The lowest BCUT2D eigenvalue weighted by Gasteiger charge is -2.23. The van der Waals surface area contributed by atoms with E-state index in [2.05, 4.69) is 9.97 Å². The Balaban J connectivity index is 2.41. The summed E-state index contributed by atoms with van der Waals surface area (Å²) in [7, 11) is 1.30. The number of methoxy groups -OCH3 is 1. The number of anilines is 1. The van der Waals surface area contributed by atoms with E-state index in [1.165, 1.54) is 13.4 Å². The van der Waals surface area contributed by atoms with Crippen LogP contribution in [0.5, 0.6) is 5.88 Å². The van der Waals surface area contributed by atoms with Crippen molar-refractivity contribution in [1.82, 2.24) is 9.97 Å². The standard InChI is InChI=1S/C12H16N4O5/c1-3-21-12(17)8-5-4-6-15(8)10-9(16(18)19)11(20-2)14-7-13-10/h7-8H,3-6H2,1-2H3. The predicted molar refractivity (Wildman–Crippen MR) is 72.2 cm³/mol. The highest BCUT2D eigenvalue weighted by molar-refractivity contribution is 5.82. The van der Waals surface area contributed by atoms with Gasteiger partial charge in [0, 0.05) is 6.54 Å². The second kappa shape index (κ2) is 6.33. The van der Waals surface area contributed by atoms with Gasteiger partial charge in [-0.15, -0.1) is 0 Å². The van der Waals surface area contributed by atoms with Gasteiger partial charge in [0.05, 0.1) is 18.6 Å². The number of carbonyl (C=O) groups excluding carboxylic acids is 1. The Bertz CT molecular complexity index is 550. The second-order valence-electron chi connectivity index (χ2n) is 4.42. The highest BCUT2D eigenvalue weighted by Gasteiger charge is 2.38. The van der Waals surface area contributed by atoms with Crippen LogP contribution in [0.15, 0.2) is 6.33 Å². The zero-order valence-corrected chi connectivity index (χ0v) is 11.8. The lowest BCUT2D eigenvalue weighted by atomic mass is 10.2. The lowest BCUT2D eigenvalue weighted by Crippen LogP contribution is -2.38. The van der Waals surface area contributed by atoms with Gasteiger partial charge in [-0.2, -0.15) is 4.98 Å². The molecule has 21 heavy (non-hydrogen) atoms. The molecule has 0 bridgehead atoms. The van der Waals surface area contributed by atoms with Crippen molar-refractivity contribution in [3.63, 3.8) is 0 Å². The van der Waals surface area contributed by atoms with Crippen molar-refractivity contribution < 1.29 is 19.2 Å². The van der Waals surface area contributed by atoms with Crippen molar-refractivity contribution >= 4 is 17.5 Å². The van der Waals surface area contributed by atoms with Gasteiger partial charge in [-0.05, 0) is 19.8 Å². The number of nitro groups is 1. The van der Waals surface area contributed by atoms with E-state index in [1.807, 2.05) is 0 Å². The maximum atomic E-state index is 12.0. The van der Waals surface area contributed by atoms with Gasteiger partial charge < -0.3 is 14.4 Å². The molecule has 0 spiro atoms. The summed E-state index contributed by atoms with van der Waals surface area (Å²) in [4.78, 5) is 31.9. The molecule has 2 rings (SSSR count). The molecule has 114 valence electrons. The Morgan fingerprint density at radius 3 is 2.95 bits per heavy atom. The van der Waals surface area contributed by atoms with Gasteiger partial charge in [0.25, 0.3) is 5.88 Å². The average Bonchev–Trinajstić information content (AvgIpc) is 2.95. The van der Waals surface area contributed by atoms with E-state index in [0.29, 0.717) is 13.0 Å². The van der Waals surface area contributed by atoms with E-state index >= 15 is 0 Å². The number of aromatic nitrogens is 2. The lowest BCUT2D eigenvalue weighted by molar-refractivity contribution is -0.385. The Morgan fingerprint density at radius 2 is 2.33 bits per heavy atom. The molecule has 1 aliphatic heterocycles. The number of nitrogens with zero attached hydrogens (tertiary/aromatic N) is 4. The van der Waals surface area contributed by atoms with Crippen LogP contribution in [0.3, 0.4) is 0 Å². The molecule has 9 heteroatoms.